The Kier molecular flexibility index (Phi) is 7.38. The summed E-state index contributed by atoms with van der Waals surface area (Å²) in [5, 5.41) is 11.8. The molecule has 10 nitrogen and oxygen atoms in total. The zero-order valence-corrected chi connectivity index (χ0v) is 20.0. The fourth-order valence-corrected chi connectivity index (χ4v) is 4.08. The van der Waals surface area contributed by atoms with E-state index in [2.05, 4.69) is 25.2 Å². The second-order valence-electron chi connectivity index (χ2n) is 7.54. The van der Waals surface area contributed by atoms with Gasteiger partial charge in [0.25, 0.3) is 5.13 Å². The van der Waals surface area contributed by atoms with Crippen molar-refractivity contribution in [3.63, 3.8) is 0 Å². The van der Waals surface area contributed by atoms with Gasteiger partial charge in [0.15, 0.2) is 0 Å². The number of benzene rings is 1. The van der Waals surface area contributed by atoms with Gasteiger partial charge < -0.3 is 9.64 Å². The molecule has 0 saturated carbocycles. The quantitative estimate of drug-likeness (QED) is 0.278. The summed E-state index contributed by atoms with van der Waals surface area (Å²) < 4.78 is 129. The standard InChI is InChI=1S/C17H14F8N6O4S2/c1-7-3-4-8-5-9(10(6-11(8)31(7)2)30-37(33,34)17(23,24)25)26-28-14-29-27-12(36-14)13(32)35-16(21,22)15(18,19)20/h5-7,30H,3-4H2,1-2H3. The first-order chi connectivity index (χ1) is 16.8. The lowest BCUT2D eigenvalue weighted by Crippen LogP contribution is -2.40. The largest absolute Gasteiger partial charge is 0.516 e. The Bertz CT molecular complexity index is 1330. The minimum Gasteiger partial charge on any atom is -0.388 e. The number of carbonyl (C=O) groups excluding carboxylic acids is 1. The predicted molar refractivity (Wildman–Crippen MR) is 112 cm³/mol. The Labute approximate surface area is 206 Å². The summed E-state index contributed by atoms with van der Waals surface area (Å²) in [6.45, 7) is 1.85. The molecular weight excluding hydrogens is 568 g/mol. The second kappa shape index (κ2) is 9.62. The van der Waals surface area contributed by atoms with Crippen LogP contribution in [0.1, 0.15) is 28.7 Å². The Morgan fingerprint density at radius 3 is 2.38 bits per heavy atom. The van der Waals surface area contributed by atoms with Gasteiger partial charge in [-0.3, -0.25) is 4.72 Å². The second-order valence-corrected chi connectivity index (χ2v) is 10.2. The molecule has 0 aliphatic carbocycles. The van der Waals surface area contributed by atoms with Gasteiger partial charge in [-0.25, -0.2) is 4.79 Å². The number of rotatable bonds is 6. The van der Waals surface area contributed by atoms with Gasteiger partial charge in [-0.2, -0.15) is 43.5 Å². The van der Waals surface area contributed by atoms with E-state index >= 15 is 0 Å². The molecule has 1 aromatic heterocycles. The number of esters is 1. The maximum Gasteiger partial charge on any atom is 0.516 e. The first kappa shape index (κ1) is 28.4. The molecule has 3 rings (SSSR count). The molecule has 0 spiro atoms. The summed E-state index contributed by atoms with van der Waals surface area (Å²) in [7, 11) is -4.22. The summed E-state index contributed by atoms with van der Waals surface area (Å²) in [5.41, 5.74) is -5.68. The molecular formula is C17H14F8N6O4S2. The van der Waals surface area contributed by atoms with Crippen LogP contribution < -0.4 is 9.62 Å². The monoisotopic (exact) mass is 582 g/mol. The molecule has 0 amide bonds. The smallest absolute Gasteiger partial charge is 0.388 e. The number of carbonyl (C=O) groups is 1. The third kappa shape index (κ3) is 6.05. The Balaban J connectivity index is 1.94. The molecule has 204 valence electrons. The van der Waals surface area contributed by atoms with Crippen molar-refractivity contribution in [1.29, 1.82) is 0 Å². The van der Waals surface area contributed by atoms with Crippen molar-refractivity contribution < 1.29 is 53.1 Å². The van der Waals surface area contributed by atoms with Crippen LogP contribution in [-0.2, 0) is 21.2 Å². The first-order valence-corrected chi connectivity index (χ1v) is 12.0. The summed E-state index contributed by atoms with van der Waals surface area (Å²) in [4.78, 5) is 13.3. The molecule has 37 heavy (non-hydrogen) atoms. The topological polar surface area (TPSA) is 126 Å². The molecule has 2 heterocycles. The van der Waals surface area contributed by atoms with E-state index in [1.54, 1.807) is 11.9 Å². The van der Waals surface area contributed by atoms with Crippen LogP contribution >= 0.6 is 11.3 Å². The number of anilines is 2. The number of ether oxygens (including phenoxy) is 1. The number of halogens is 8. The Morgan fingerprint density at radius 1 is 1.14 bits per heavy atom. The average molecular weight is 582 g/mol. The minimum absolute atomic E-state index is 0.0173. The van der Waals surface area contributed by atoms with Crippen LogP contribution in [0, 0.1) is 0 Å². The lowest BCUT2D eigenvalue weighted by atomic mass is 9.96. The van der Waals surface area contributed by atoms with Gasteiger partial charge >= 0.3 is 33.8 Å². The summed E-state index contributed by atoms with van der Waals surface area (Å²) in [6.07, 6.45) is -10.9. The number of aromatic nitrogens is 2. The highest BCUT2D eigenvalue weighted by molar-refractivity contribution is 7.93. The minimum atomic E-state index is -6.19. The van der Waals surface area contributed by atoms with Gasteiger partial charge in [0.05, 0.1) is 5.69 Å². The van der Waals surface area contributed by atoms with E-state index in [9.17, 15) is 48.3 Å². The molecule has 0 saturated heterocycles. The maximum absolute atomic E-state index is 12.9. The number of fused-ring (bicyclic) bond motifs is 1. The number of hydrogen-bond donors (Lipinski definition) is 1. The molecule has 1 atom stereocenters. The van der Waals surface area contributed by atoms with Crippen molar-refractivity contribution in [2.75, 3.05) is 16.7 Å². The van der Waals surface area contributed by atoms with Gasteiger partial charge in [0.2, 0.25) is 5.01 Å². The lowest BCUT2D eigenvalue weighted by molar-refractivity contribution is -0.370. The number of nitrogens with one attached hydrogen (secondary N) is 1. The molecule has 20 heteroatoms. The van der Waals surface area contributed by atoms with Crippen molar-refractivity contribution in [3.8, 4) is 0 Å². The van der Waals surface area contributed by atoms with Crippen LogP contribution in [0.25, 0.3) is 0 Å². The zero-order valence-electron chi connectivity index (χ0n) is 18.4. The maximum atomic E-state index is 12.9. The van der Waals surface area contributed by atoms with Gasteiger partial charge in [-0.1, -0.05) is 11.3 Å². The van der Waals surface area contributed by atoms with Crippen LogP contribution in [0.2, 0.25) is 0 Å². The summed E-state index contributed by atoms with van der Waals surface area (Å²) in [5.74, 6) is -2.18. The van der Waals surface area contributed by atoms with E-state index in [-0.39, 0.29) is 17.4 Å². The average Bonchev–Trinajstić information content (AvgIpc) is 3.22. The lowest BCUT2D eigenvalue weighted by Gasteiger charge is -2.34. The zero-order chi connectivity index (χ0) is 28.0. The summed E-state index contributed by atoms with van der Waals surface area (Å²) >= 11 is 0.0795. The number of azo groups is 1. The van der Waals surface area contributed by atoms with Gasteiger partial charge in [-0.15, -0.1) is 20.4 Å². The number of hydrogen-bond acceptors (Lipinski definition) is 10. The molecule has 2 aromatic rings. The van der Waals surface area contributed by atoms with Crippen molar-refractivity contribution in [1.82, 2.24) is 10.2 Å². The number of nitrogens with zero attached hydrogens (tertiary/aromatic N) is 5. The molecule has 0 radical (unpaired) electrons. The Hall–Kier alpha value is -3.16. The molecule has 1 aromatic carbocycles. The van der Waals surface area contributed by atoms with Gasteiger partial charge in [0, 0.05) is 18.8 Å². The molecule has 1 aliphatic rings. The van der Waals surface area contributed by atoms with Crippen LogP contribution in [0.4, 0.5) is 57.3 Å². The first-order valence-electron chi connectivity index (χ1n) is 9.74. The van der Waals surface area contributed by atoms with E-state index in [0.717, 1.165) is 6.07 Å². The van der Waals surface area contributed by atoms with E-state index in [1.165, 1.54) is 10.8 Å². The van der Waals surface area contributed by atoms with Crippen LogP contribution in [0.15, 0.2) is 22.4 Å². The Morgan fingerprint density at radius 2 is 1.78 bits per heavy atom. The highest BCUT2D eigenvalue weighted by Gasteiger charge is 2.62. The van der Waals surface area contributed by atoms with E-state index < -0.39 is 55.3 Å². The number of sulfonamides is 1. The SMILES string of the molecule is CC1CCc2cc(N=Nc3nnc(C(=O)OC(F)(F)C(F)(F)F)s3)c(NS(=O)(=O)C(F)(F)F)cc2N1C. The summed E-state index contributed by atoms with van der Waals surface area (Å²) in [6, 6.07) is 2.36. The predicted octanol–water partition coefficient (Wildman–Crippen LogP) is 5.30. The normalized spacial score (nSPS) is 17.1. The number of aryl methyl sites for hydroxylation is 1. The van der Waals surface area contributed by atoms with Gasteiger partial charge in [0.1, 0.15) is 5.69 Å². The fourth-order valence-electron chi connectivity index (χ4n) is 2.96. The van der Waals surface area contributed by atoms with Crippen LogP contribution in [-0.4, -0.2) is 55.5 Å². The van der Waals surface area contributed by atoms with Gasteiger partial charge in [-0.05, 0) is 37.5 Å². The molecule has 1 aliphatic heterocycles. The van der Waals surface area contributed by atoms with Crippen molar-refractivity contribution in [2.24, 2.45) is 10.2 Å². The van der Waals surface area contributed by atoms with E-state index in [1.807, 2.05) is 6.92 Å². The van der Waals surface area contributed by atoms with Crippen molar-refractivity contribution in [3.05, 3.63) is 22.7 Å². The fraction of sp³-hybridized carbons (Fsp3) is 0.471. The highest BCUT2D eigenvalue weighted by Crippen LogP contribution is 2.41. The van der Waals surface area contributed by atoms with Crippen LogP contribution in [0.3, 0.4) is 0 Å². The highest BCUT2D eigenvalue weighted by atomic mass is 32.2. The molecule has 1 N–H and O–H groups in total. The third-order valence-electron chi connectivity index (χ3n) is 5.00. The molecule has 1 unspecified atom stereocenters. The van der Waals surface area contributed by atoms with Crippen molar-refractivity contribution in [2.45, 2.75) is 43.6 Å². The van der Waals surface area contributed by atoms with Crippen LogP contribution in [0.5, 0.6) is 0 Å². The molecule has 0 fully saturated rings. The van der Waals surface area contributed by atoms with Crippen molar-refractivity contribution >= 4 is 49.5 Å². The number of alkyl halides is 8. The molecule has 0 bridgehead atoms. The van der Waals surface area contributed by atoms with E-state index in [0.29, 0.717) is 24.1 Å². The third-order valence-corrected chi connectivity index (χ3v) is 6.89. The van der Waals surface area contributed by atoms with E-state index in [4.69, 9.17) is 0 Å².